The summed E-state index contributed by atoms with van der Waals surface area (Å²) in [6.45, 7) is 5.95. The van der Waals surface area contributed by atoms with Crippen LogP contribution in [-0.2, 0) is 4.74 Å². The molecule has 0 spiro atoms. The molecule has 12 heavy (non-hydrogen) atoms. The van der Waals surface area contributed by atoms with Crippen LogP contribution in [0.3, 0.4) is 0 Å². The van der Waals surface area contributed by atoms with Crippen LogP contribution >= 0.6 is 0 Å². The standard InChI is InChI=1S/C10H16O2/c1-7(2)12-10-5-4-9(11)6-8(10)3/h5-7,9,11H,4H2,1-3H3. The van der Waals surface area contributed by atoms with Crippen LogP contribution in [-0.4, -0.2) is 17.3 Å². The maximum Gasteiger partial charge on any atom is 0.118 e. The van der Waals surface area contributed by atoms with Crippen LogP contribution in [0.15, 0.2) is 23.5 Å². The molecule has 2 heteroatoms. The van der Waals surface area contributed by atoms with Crippen LogP contribution in [0.5, 0.6) is 0 Å². The molecule has 0 amide bonds. The highest BCUT2D eigenvalue weighted by Crippen LogP contribution is 2.20. The zero-order chi connectivity index (χ0) is 9.14. The lowest BCUT2D eigenvalue weighted by Crippen LogP contribution is -2.11. The monoisotopic (exact) mass is 168 g/mol. The Kier molecular flexibility index (Phi) is 2.93. The Balaban J connectivity index is 2.61. The van der Waals surface area contributed by atoms with E-state index >= 15 is 0 Å². The molecule has 1 aliphatic carbocycles. The van der Waals surface area contributed by atoms with Crippen molar-refractivity contribution in [2.75, 3.05) is 0 Å². The van der Waals surface area contributed by atoms with Gasteiger partial charge in [0.25, 0.3) is 0 Å². The first-order valence-corrected chi connectivity index (χ1v) is 4.33. The molecule has 0 aromatic rings. The van der Waals surface area contributed by atoms with Crippen LogP contribution in [0.4, 0.5) is 0 Å². The Labute approximate surface area is 73.5 Å². The summed E-state index contributed by atoms with van der Waals surface area (Å²) in [5.74, 6) is 0.912. The molecule has 2 nitrogen and oxygen atoms in total. The Morgan fingerprint density at radius 1 is 1.58 bits per heavy atom. The molecule has 0 saturated heterocycles. The van der Waals surface area contributed by atoms with Gasteiger partial charge in [-0.3, -0.25) is 0 Å². The van der Waals surface area contributed by atoms with E-state index in [0.717, 1.165) is 11.3 Å². The van der Waals surface area contributed by atoms with Crippen LogP contribution in [0.25, 0.3) is 0 Å². The zero-order valence-electron chi connectivity index (χ0n) is 7.87. The zero-order valence-corrected chi connectivity index (χ0v) is 7.87. The molecule has 0 saturated carbocycles. The fourth-order valence-corrected chi connectivity index (χ4v) is 1.22. The summed E-state index contributed by atoms with van der Waals surface area (Å²) in [7, 11) is 0. The van der Waals surface area contributed by atoms with Gasteiger partial charge in [0.15, 0.2) is 0 Å². The van der Waals surface area contributed by atoms with Crippen molar-refractivity contribution in [2.45, 2.75) is 39.4 Å². The second-order valence-corrected chi connectivity index (χ2v) is 3.39. The maximum absolute atomic E-state index is 9.25. The molecule has 1 unspecified atom stereocenters. The molecule has 0 bridgehead atoms. The van der Waals surface area contributed by atoms with Crippen LogP contribution < -0.4 is 0 Å². The van der Waals surface area contributed by atoms with Gasteiger partial charge in [-0.05, 0) is 44.9 Å². The molecular formula is C10H16O2. The lowest BCUT2D eigenvalue weighted by Gasteiger charge is -2.19. The highest BCUT2D eigenvalue weighted by atomic mass is 16.5. The van der Waals surface area contributed by atoms with Gasteiger partial charge >= 0.3 is 0 Å². The quantitative estimate of drug-likeness (QED) is 0.683. The Bertz CT molecular complexity index is 214. The first-order chi connectivity index (χ1) is 5.59. The summed E-state index contributed by atoms with van der Waals surface area (Å²) < 4.78 is 5.53. The minimum atomic E-state index is -0.329. The summed E-state index contributed by atoms with van der Waals surface area (Å²) in [5.41, 5.74) is 1.03. The summed E-state index contributed by atoms with van der Waals surface area (Å²) in [5, 5.41) is 9.25. The third-order valence-corrected chi connectivity index (χ3v) is 1.74. The van der Waals surface area contributed by atoms with Crippen LogP contribution in [0.2, 0.25) is 0 Å². The fourth-order valence-electron chi connectivity index (χ4n) is 1.22. The summed E-state index contributed by atoms with van der Waals surface area (Å²) in [6.07, 6.45) is 4.32. The number of hydrogen-bond acceptors (Lipinski definition) is 2. The van der Waals surface area contributed by atoms with E-state index in [0.29, 0.717) is 6.42 Å². The van der Waals surface area contributed by atoms with Gasteiger partial charge in [0.2, 0.25) is 0 Å². The Morgan fingerprint density at radius 3 is 2.75 bits per heavy atom. The van der Waals surface area contributed by atoms with Crippen molar-refractivity contribution < 1.29 is 9.84 Å². The number of rotatable bonds is 2. The van der Waals surface area contributed by atoms with E-state index in [2.05, 4.69) is 0 Å². The number of aliphatic hydroxyl groups excluding tert-OH is 1. The Morgan fingerprint density at radius 2 is 2.25 bits per heavy atom. The van der Waals surface area contributed by atoms with Crippen molar-refractivity contribution in [1.29, 1.82) is 0 Å². The summed E-state index contributed by atoms with van der Waals surface area (Å²) in [4.78, 5) is 0. The second-order valence-electron chi connectivity index (χ2n) is 3.39. The smallest absolute Gasteiger partial charge is 0.118 e. The summed E-state index contributed by atoms with van der Waals surface area (Å²) in [6, 6.07) is 0. The van der Waals surface area contributed by atoms with Gasteiger partial charge in [-0.15, -0.1) is 0 Å². The van der Waals surface area contributed by atoms with E-state index in [1.807, 2.05) is 32.9 Å². The van der Waals surface area contributed by atoms with Gasteiger partial charge in [-0.1, -0.05) is 0 Å². The first kappa shape index (κ1) is 9.33. The SMILES string of the molecule is CC1=CC(O)CC=C1OC(C)C. The van der Waals surface area contributed by atoms with Gasteiger partial charge in [0.1, 0.15) is 5.76 Å². The number of aliphatic hydroxyl groups is 1. The van der Waals surface area contributed by atoms with E-state index < -0.39 is 0 Å². The normalized spacial score (nSPS) is 23.6. The topological polar surface area (TPSA) is 29.5 Å². The molecule has 1 rings (SSSR count). The lowest BCUT2D eigenvalue weighted by atomic mass is 10.0. The first-order valence-electron chi connectivity index (χ1n) is 4.33. The molecule has 0 radical (unpaired) electrons. The van der Waals surface area contributed by atoms with Gasteiger partial charge < -0.3 is 9.84 Å². The number of allylic oxidation sites excluding steroid dienone is 1. The molecular weight excluding hydrogens is 152 g/mol. The van der Waals surface area contributed by atoms with E-state index in [4.69, 9.17) is 4.74 Å². The predicted molar refractivity (Wildman–Crippen MR) is 48.7 cm³/mol. The van der Waals surface area contributed by atoms with E-state index in [1.54, 1.807) is 0 Å². The van der Waals surface area contributed by atoms with Gasteiger partial charge in [-0.25, -0.2) is 0 Å². The molecule has 0 aromatic carbocycles. The van der Waals surface area contributed by atoms with E-state index in [1.165, 1.54) is 0 Å². The average Bonchev–Trinajstić information content (AvgIpc) is 1.94. The van der Waals surface area contributed by atoms with E-state index in [9.17, 15) is 5.11 Å². The van der Waals surface area contributed by atoms with Crippen LogP contribution in [0.1, 0.15) is 27.2 Å². The molecule has 68 valence electrons. The third kappa shape index (κ3) is 2.38. The van der Waals surface area contributed by atoms with Crippen molar-refractivity contribution in [3.8, 4) is 0 Å². The number of ether oxygens (including phenoxy) is 1. The van der Waals surface area contributed by atoms with Crippen molar-refractivity contribution in [3.63, 3.8) is 0 Å². The number of hydrogen-bond donors (Lipinski definition) is 1. The van der Waals surface area contributed by atoms with Crippen molar-refractivity contribution >= 4 is 0 Å². The lowest BCUT2D eigenvalue weighted by molar-refractivity contribution is 0.146. The molecule has 1 aliphatic rings. The molecule has 0 aliphatic heterocycles. The van der Waals surface area contributed by atoms with Crippen molar-refractivity contribution in [3.05, 3.63) is 23.5 Å². The highest BCUT2D eigenvalue weighted by Gasteiger charge is 2.11. The van der Waals surface area contributed by atoms with E-state index in [-0.39, 0.29) is 12.2 Å². The molecule has 1 N–H and O–H groups in total. The molecule has 0 fully saturated rings. The fraction of sp³-hybridized carbons (Fsp3) is 0.600. The highest BCUT2D eigenvalue weighted by molar-refractivity contribution is 5.28. The largest absolute Gasteiger partial charge is 0.491 e. The van der Waals surface area contributed by atoms with Crippen LogP contribution in [0, 0.1) is 0 Å². The summed E-state index contributed by atoms with van der Waals surface area (Å²) >= 11 is 0. The molecule has 1 atom stereocenters. The average molecular weight is 168 g/mol. The van der Waals surface area contributed by atoms with Gasteiger partial charge in [0, 0.05) is 0 Å². The predicted octanol–water partition coefficient (Wildman–Crippen LogP) is 2.01. The Hall–Kier alpha value is -0.760. The molecule has 0 aromatic heterocycles. The minimum Gasteiger partial charge on any atom is -0.491 e. The maximum atomic E-state index is 9.25. The van der Waals surface area contributed by atoms with Crippen molar-refractivity contribution in [2.24, 2.45) is 0 Å². The van der Waals surface area contributed by atoms with Crippen molar-refractivity contribution in [1.82, 2.24) is 0 Å². The van der Waals surface area contributed by atoms with Gasteiger partial charge in [-0.2, -0.15) is 0 Å². The minimum absolute atomic E-state index is 0.204. The molecule has 0 heterocycles. The van der Waals surface area contributed by atoms with Gasteiger partial charge in [0.05, 0.1) is 12.2 Å². The third-order valence-electron chi connectivity index (χ3n) is 1.74. The second kappa shape index (κ2) is 3.76.